The minimum Gasteiger partial charge on any atom is -0.396 e. The van der Waals surface area contributed by atoms with E-state index in [1.807, 2.05) is 16.7 Å². The zero-order valence-corrected chi connectivity index (χ0v) is 13.3. The van der Waals surface area contributed by atoms with Gasteiger partial charge in [-0.05, 0) is 37.4 Å². The van der Waals surface area contributed by atoms with Crippen LogP contribution in [-0.2, 0) is 0 Å². The van der Waals surface area contributed by atoms with Crippen LogP contribution >= 0.6 is 11.8 Å². The van der Waals surface area contributed by atoms with Crippen molar-refractivity contribution in [2.24, 2.45) is 5.92 Å². The van der Waals surface area contributed by atoms with E-state index in [1.54, 1.807) is 0 Å². The van der Waals surface area contributed by atoms with Crippen LogP contribution in [0.4, 0.5) is 4.79 Å². The Balaban J connectivity index is 1.85. The standard InChI is InChI=1S/C15H28N2O2S/c1-2-20-14-8-4-3-7-13(14)16-15(19)17-9-5-6-12(10-17)11-18/h12-14,18H,2-11H2,1H3,(H,16,19). The molecule has 116 valence electrons. The van der Waals surface area contributed by atoms with Gasteiger partial charge in [-0.15, -0.1) is 0 Å². The molecule has 1 aliphatic carbocycles. The third-order valence-electron chi connectivity index (χ3n) is 4.46. The van der Waals surface area contributed by atoms with Crippen molar-refractivity contribution in [3.05, 3.63) is 0 Å². The monoisotopic (exact) mass is 300 g/mol. The summed E-state index contributed by atoms with van der Waals surface area (Å²) in [4.78, 5) is 14.3. The first-order valence-electron chi connectivity index (χ1n) is 8.02. The normalized spacial score (nSPS) is 31.1. The molecule has 3 unspecified atom stereocenters. The quantitative estimate of drug-likeness (QED) is 0.838. The number of amides is 2. The van der Waals surface area contributed by atoms with Crippen LogP contribution in [0.1, 0.15) is 45.4 Å². The number of thioether (sulfide) groups is 1. The summed E-state index contributed by atoms with van der Waals surface area (Å²) in [5.41, 5.74) is 0. The van der Waals surface area contributed by atoms with E-state index in [1.165, 1.54) is 19.3 Å². The maximum Gasteiger partial charge on any atom is 0.317 e. The highest BCUT2D eigenvalue weighted by molar-refractivity contribution is 7.99. The van der Waals surface area contributed by atoms with Gasteiger partial charge in [0.05, 0.1) is 0 Å². The molecule has 2 amide bonds. The molecular formula is C15H28N2O2S. The van der Waals surface area contributed by atoms with E-state index in [2.05, 4.69) is 12.2 Å². The van der Waals surface area contributed by atoms with Crippen molar-refractivity contribution in [3.8, 4) is 0 Å². The van der Waals surface area contributed by atoms with Gasteiger partial charge < -0.3 is 15.3 Å². The van der Waals surface area contributed by atoms with Gasteiger partial charge in [-0.1, -0.05) is 19.8 Å². The lowest BCUT2D eigenvalue weighted by Gasteiger charge is -2.36. The van der Waals surface area contributed by atoms with E-state index in [0.717, 1.165) is 31.6 Å². The van der Waals surface area contributed by atoms with Crippen molar-refractivity contribution < 1.29 is 9.90 Å². The van der Waals surface area contributed by atoms with E-state index in [4.69, 9.17) is 0 Å². The number of rotatable bonds is 4. The second-order valence-electron chi connectivity index (χ2n) is 5.97. The van der Waals surface area contributed by atoms with Gasteiger partial charge in [0.1, 0.15) is 0 Å². The molecule has 20 heavy (non-hydrogen) atoms. The molecule has 0 spiro atoms. The average Bonchev–Trinajstić information content (AvgIpc) is 2.49. The predicted molar refractivity (Wildman–Crippen MR) is 84.1 cm³/mol. The number of hydrogen-bond donors (Lipinski definition) is 2. The lowest BCUT2D eigenvalue weighted by atomic mass is 9.95. The van der Waals surface area contributed by atoms with Gasteiger partial charge in [0.25, 0.3) is 0 Å². The van der Waals surface area contributed by atoms with Crippen LogP contribution in [0.25, 0.3) is 0 Å². The molecule has 1 saturated heterocycles. The molecule has 0 aromatic rings. The lowest BCUT2D eigenvalue weighted by molar-refractivity contribution is 0.127. The summed E-state index contributed by atoms with van der Waals surface area (Å²) in [6.45, 7) is 3.93. The van der Waals surface area contributed by atoms with Crippen LogP contribution in [0.5, 0.6) is 0 Å². The number of nitrogens with one attached hydrogen (secondary N) is 1. The fourth-order valence-electron chi connectivity index (χ4n) is 3.32. The SMILES string of the molecule is CCSC1CCCCC1NC(=O)N1CCCC(CO)C1. The van der Waals surface area contributed by atoms with Gasteiger partial charge in [0.2, 0.25) is 0 Å². The average molecular weight is 300 g/mol. The number of hydrogen-bond acceptors (Lipinski definition) is 3. The molecular weight excluding hydrogens is 272 g/mol. The number of piperidine rings is 1. The zero-order valence-electron chi connectivity index (χ0n) is 12.5. The predicted octanol–water partition coefficient (Wildman–Crippen LogP) is 2.46. The number of nitrogens with zero attached hydrogens (tertiary/aromatic N) is 1. The molecule has 1 heterocycles. The van der Waals surface area contributed by atoms with Crippen LogP contribution in [0.15, 0.2) is 0 Å². The van der Waals surface area contributed by atoms with Crippen molar-refractivity contribution in [2.45, 2.75) is 56.7 Å². The Kier molecular flexibility index (Phi) is 6.49. The first-order valence-corrected chi connectivity index (χ1v) is 9.07. The highest BCUT2D eigenvalue weighted by Crippen LogP contribution is 2.29. The Morgan fingerprint density at radius 2 is 2.10 bits per heavy atom. The van der Waals surface area contributed by atoms with Gasteiger partial charge in [-0.3, -0.25) is 0 Å². The molecule has 2 fully saturated rings. The molecule has 0 radical (unpaired) electrons. The maximum absolute atomic E-state index is 12.4. The first-order chi connectivity index (χ1) is 9.74. The van der Waals surface area contributed by atoms with Crippen molar-refractivity contribution in [2.75, 3.05) is 25.4 Å². The van der Waals surface area contributed by atoms with Gasteiger partial charge in [-0.2, -0.15) is 11.8 Å². The topological polar surface area (TPSA) is 52.6 Å². The molecule has 4 nitrogen and oxygen atoms in total. The van der Waals surface area contributed by atoms with E-state index in [9.17, 15) is 9.90 Å². The number of urea groups is 1. The lowest BCUT2D eigenvalue weighted by Crippen LogP contribution is -2.52. The fourth-order valence-corrected chi connectivity index (χ4v) is 4.52. The maximum atomic E-state index is 12.4. The molecule has 2 rings (SSSR count). The third kappa shape index (κ3) is 4.29. The summed E-state index contributed by atoms with van der Waals surface area (Å²) in [6, 6.07) is 0.410. The Hall–Kier alpha value is -0.420. The molecule has 2 aliphatic rings. The fraction of sp³-hybridized carbons (Fsp3) is 0.933. The number of aliphatic hydroxyl groups excluding tert-OH is 1. The minimum absolute atomic E-state index is 0.0803. The second-order valence-corrected chi connectivity index (χ2v) is 7.49. The summed E-state index contributed by atoms with van der Waals surface area (Å²) >= 11 is 1.98. The van der Waals surface area contributed by atoms with Crippen molar-refractivity contribution in [1.29, 1.82) is 0 Å². The van der Waals surface area contributed by atoms with Crippen LogP contribution in [0.2, 0.25) is 0 Å². The molecule has 1 saturated carbocycles. The Bertz CT molecular complexity index is 312. The Morgan fingerprint density at radius 1 is 1.30 bits per heavy atom. The summed E-state index contributed by atoms with van der Waals surface area (Å²) in [7, 11) is 0. The first kappa shape index (κ1) is 16.0. The number of likely N-dealkylation sites (tertiary alicyclic amines) is 1. The van der Waals surface area contributed by atoms with E-state index >= 15 is 0 Å². The van der Waals surface area contributed by atoms with Crippen molar-refractivity contribution in [1.82, 2.24) is 10.2 Å². The Morgan fingerprint density at radius 3 is 2.85 bits per heavy atom. The van der Waals surface area contributed by atoms with E-state index < -0.39 is 0 Å². The van der Waals surface area contributed by atoms with E-state index in [-0.39, 0.29) is 18.6 Å². The summed E-state index contributed by atoms with van der Waals surface area (Å²) < 4.78 is 0. The molecule has 0 bridgehead atoms. The molecule has 3 atom stereocenters. The zero-order chi connectivity index (χ0) is 14.4. The van der Waals surface area contributed by atoms with Gasteiger partial charge >= 0.3 is 6.03 Å². The molecule has 2 N–H and O–H groups in total. The van der Waals surface area contributed by atoms with Crippen molar-refractivity contribution in [3.63, 3.8) is 0 Å². The van der Waals surface area contributed by atoms with Crippen LogP contribution in [0, 0.1) is 5.92 Å². The summed E-state index contributed by atoms with van der Waals surface area (Å²) in [5, 5.41) is 13.1. The van der Waals surface area contributed by atoms with Gasteiger partial charge in [-0.25, -0.2) is 4.79 Å². The smallest absolute Gasteiger partial charge is 0.317 e. The number of aliphatic hydroxyl groups is 1. The Labute approximate surface area is 126 Å². The molecule has 0 aromatic heterocycles. The molecule has 0 aromatic carbocycles. The highest BCUT2D eigenvalue weighted by atomic mass is 32.2. The summed E-state index contributed by atoms with van der Waals surface area (Å²) in [5.74, 6) is 1.38. The van der Waals surface area contributed by atoms with Crippen molar-refractivity contribution >= 4 is 17.8 Å². The molecule has 1 aliphatic heterocycles. The molecule has 5 heteroatoms. The van der Waals surface area contributed by atoms with Crippen LogP contribution in [0.3, 0.4) is 0 Å². The van der Waals surface area contributed by atoms with Crippen LogP contribution < -0.4 is 5.32 Å². The number of carbonyl (C=O) groups is 1. The highest BCUT2D eigenvalue weighted by Gasteiger charge is 2.29. The summed E-state index contributed by atoms with van der Waals surface area (Å²) in [6.07, 6.45) is 6.91. The van der Waals surface area contributed by atoms with Gasteiger partial charge in [0, 0.05) is 31.0 Å². The van der Waals surface area contributed by atoms with Gasteiger partial charge in [0.15, 0.2) is 0 Å². The van der Waals surface area contributed by atoms with E-state index in [0.29, 0.717) is 17.8 Å². The van der Waals surface area contributed by atoms with Crippen LogP contribution in [-0.4, -0.2) is 52.8 Å². The largest absolute Gasteiger partial charge is 0.396 e. The minimum atomic E-state index is 0.0803. The second kappa shape index (κ2) is 8.13. The third-order valence-corrected chi connectivity index (χ3v) is 5.78. The number of carbonyl (C=O) groups excluding carboxylic acids is 1.